The molecule has 0 amide bonds. The molecule has 6 rings (SSSR count). The zero-order valence-electron chi connectivity index (χ0n) is 19.5. The van der Waals surface area contributed by atoms with Gasteiger partial charge in [0, 0.05) is 51.9 Å². The predicted octanol–water partition coefficient (Wildman–Crippen LogP) is 4.74. The Balaban J connectivity index is 1.27. The minimum atomic E-state index is 0.154. The maximum atomic E-state index is 13.4. The lowest BCUT2D eigenvalue weighted by atomic mass is 9.88. The van der Waals surface area contributed by atoms with E-state index in [1.807, 2.05) is 13.0 Å². The molecule has 178 valence electrons. The van der Waals surface area contributed by atoms with E-state index in [0.29, 0.717) is 30.4 Å². The molecule has 8 nitrogen and oxygen atoms in total. The molecule has 3 aromatic rings. The Kier molecular flexibility index (Phi) is 5.59. The summed E-state index contributed by atoms with van der Waals surface area (Å²) in [6, 6.07) is 2.08. The highest BCUT2D eigenvalue weighted by atomic mass is 32.1. The normalized spacial score (nSPS) is 19.7. The Labute approximate surface area is 202 Å². The molecule has 3 aromatic heterocycles. The van der Waals surface area contributed by atoms with Gasteiger partial charge in [-0.1, -0.05) is 12.8 Å². The minimum absolute atomic E-state index is 0.154. The molecule has 3 aliphatic rings. The van der Waals surface area contributed by atoms with Crippen LogP contribution < -0.4 is 5.32 Å². The fraction of sp³-hybridized carbons (Fsp3) is 0.560. The van der Waals surface area contributed by atoms with E-state index in [1.54, 1.807) is 17.7 Å². The summed E-state index contributed by atoms with van der Waals surface area (Å²) in [6.07, 6.45) is 10.9. The van der Waals surface area contributed by atoms with Crippen LogP contribution in [0.15, 0.2) is 12.4 Å². The molecule has 34 heavy (non-hydrogen) atoms. The van der Waals surface area contributed by atoms with Crippen molar-refractivity contribution in [3.63, 3.8) is 0 Å². The molecule has 2 N–H and O–H groups in total. The number of anilines is 2. The van der Waals surface area contributed by atoms with Gasteiger partial charge in [0.2, 0.25) is 5.95 Å². The predicted molar refractivity (Wildman–Crippen MR) is 130 cm³/mol. The number of Topliss-reactive ketones (excluding diaryl/α,β-unsaturated/α-hetero) is 2. The Morgan fingerprint density at radius 1 is 1.24 bits per heavy atom. The topological polar surface area (TPSA) is 106 Å². The van der Waals surface area contributed by atoms with Crippen LogP contribution in [0.2, 0.25) is 0 Å². The van der Waals surface area contributed by atoms with Crippen molar-refractivity contribution in [2.75, 3.05) is 5.32 Å². The van der Waals surface area contributed by atoms with Crippen LogP contribution >= 0.6 is 11.3 Å². The second-order valence-electron chi connectivity index (χ2n) is 10.1. The number of hydrogen-bond acceptors (Lipinski definition) is 7. The molecule has 0 aliphatic heterocycles. The smallest absolute Gasteiger partial charge is 0.230 e. The number of rotatable bonds is 10. The van der Waals surface area contributed by atoms with Crippen molar-refractivity contribution in [3.8, 4) is 0 Å². The Morgan fingerprint density at radius 2 is 2.09 bits per heavy atom. The zero-order valence-corrected chi connectivity index (χ0v) is 20.3. The molecule has 2 fully saturated rings. The number of aryl methyl sites for hydroxylation is 2. The number of nitrogens with one attached hydrogen (secondary N) is 2. The summed E-state index contributed by atoms with van der Waals surface area (Å²) in [5.41, 5.74) is 3.00. The zero-order chi connectivity index (χ0) is 23.2. The van der Waals surface area contributed by atoms with E-state index in [-0.39, 0.29) is 17.7 Å². The highest BCUT2D eigenvalue weighted by molar-refractivity contribution is 7.12. The fourth-order valence-electron chi connectivity index (χ4n) is 5.08. The molecule has 0 saturated heterocycles. The Bertz CT molecular complexity index is 1230. The molecule has 3 heterocycles. The number of carbonyl (C=O) groups excluding carboxylic acids is 2. The van der Waals surface area contributed by atoms with Crippen LogP contribution in [0.4, 0.5) is 11.8 Å². The molecule has 9 heteroatoms. The van der Waals surface area contributed by atoms with Crippen LogP contribution in [0.25, 0.3) is 0 Å². The molecular formula is C25H30N6O2S. The van der Waals surface area contributed by atoms with Gasteiger partial charge >= 0.3 is 0 Å². The number of ketones is 2. The lowest BCUT2D eigenvalue weighted by Crippen LogP contribution is -2.20. The van der Waals surface area contributed by atoms with E-state index in [1.165, 1.54) is 17.7 Å². The third kappa shape index (κ3) is 4.45. The second kappa shape index (κ2) is 8.76. The lowest BCUT2D eigenvalue weighted by Gasteiger charge is -2.25. The average molecular weight is 479 g/mol. The summed E-state index contributed by atoms with van der Waals surface area (Å²) in [5.74, 6) is 2.84. The van der Waals surface area contributed by atoms with Gasteiger partial charge in [-0.2, -0.15) is 5.10 Å². The number of fused-ring (bicyclic) bond motifs is 1. The quantitative estimate of drug-likeness (QED) is 0.408. The summed E-state index contributed by atoms with van der Waals surface area (Å²) in [6.45, 7) is 1.95. The van der Waals surface area contributed by atoms with Crippen molar-refractivity contribution in [2.45, 2.75) is 77.2 Å². The van der Waals surface area contributed by atoms with Crippen LogP contribution in [0, 0.1) is 18.8 Å². The summed E-state index contributed by atoms with van der Waals surface area (Å²) in [7, 11) is 0. The summed E-state index contributed by atoms with van der Waals surface area (Å²) < 4.78 is 2.07. The van der Waals surface area contributed by atoms with Gasteiger partial charge in [-0.3, -0.25) is 19.3 Å². The van der Waals surface area contributed by atoms with Crippen molar-refractivity contribution in [1.82, 2.24) is 25.0 Å². The monoisotopic (exact) mass is 478 g/mol. The summed E-state index contributed by atoms with van der Waals surface area (Å²) in [5, 5.41) is 18.9. The van der Waals surface area contributed by atoms with Crippen LogP contribution in [0.1, 0.15) is 82.4 Å². The van der Waals surface area contributed by atoms with E-state index in [9.17, 15) is 9.59 Å². The number of aromatic nitrogens is 5. The Hall–Kier alpha value is -2.81. The van der Waals surface area contributed by atoms with Gasteiger partial charge in [0.05, 0.1) is 0 Å². The van der Waals surface area contributed by atoms with Crippen molar-refractivity contribution >= 4 is 34.7 Å². The number of hydrogen-bond donors (Lipinski definition) is 2. The van der Waals surface area contributed by atoms with Crippen molar-refractivity contribution in [1.29, 1.82) is 0 Å². The van der Waals surface area contributed by atoms with E-state index in [0.717, 1.165) is 66.1 Å². The van der Waals surface area contributed by atoms with Crippen LogP contribution in [-0.2, 0) is 24.1 Å². The van der Waals surface area contributed by atoms with Gasteiger partial charge in [0.25, 0.3) is 0 Å². The highest BCUT2D eigenvalue weighted by Gasteiger charge is 2.35. The maximum absolute atomic E-state index is 13.4. The van der Waals surface area contributed by atoms with Crippen LogP contribution in [-0.4, -0.2) is 36.5 Å². The first-order valence-electron chi connectivity index (χ1n) is 12.4. The largest absolute Gasteiger partial charge is 0.307 e. The molecule has 0 aromatic carbocycles. The lowest BCUT2D eigenvalue weighted by molar-refractivity contribution is -0.119. The first-order chi connectivity index (χ1) is 16.5. The van der Waals surface area contributed by atoms with Gasteiger partial charge in [-0.15, -0.1) is 21.5 Å². The van der Waals surface area contributed by atoms with E-state index in [2.05, 4.69) is 30.3 Å². The second-order valence-corrected chi connectivity index (χ2v) is 11.3. The standard InChI is InChI=1S/C25H30N6O2S/c1-14-10-23(29-28-14)27-25-30-26-13-31(25)17-7-9-21-18(11-17)24(19(32)8-4-15-2-3-15)22(34-21)12-20(33)16-5-6-16/h10,13,15-17H,2-9,11-12H2,1H3,(H2,27,28,29,30)/t17-/m0/s1. The third-order valence-corrected chi connectivity index (χ3v) is 8.63. The number of thiophene rings is 1. The first kappa shape index (κ1) is 21.7. The Morgan fingerprint density at radius 3 is 2.82 bits per heavy atom. The fourth-order valence-corrected chi connectivity index (χ4v) is 6.46. The molecule has 0 bridgehead atoms. The molecular weight excluding hydrogens is 448 g/mol. The van der Waals surface area contributed by atoms with E-state index in [4.69, 9.17) is 0 Å². The molecule has 1 atom stereocenters. The van der Waals surface area contributed by atoms with E-state index >= 15 is 0 Å². The molecule has 0 unspecified atom stereocenters. The first-order valence-corrected chi connectivity index (χ1v) is 13.2. The number of aromatic amines is 1. The van der Waals surface area contributed by atoms with Gasteiger partial charge in [-0.25, -0.2) is 0 Å². The SMILES string of the molecule is Cc1cc(Nc2nncn2[C@H]2CCc3sc(CC(=O)C4CC4)c(C(=O)CCC4CC4)c3C2)n[nH]1. The van der Waals surface area contributed by atoms with Crippen molar-refractivity contribution in [2.24, 2.45) is 11.8 Å². The molecule has 3 aliphatic carbocycles. The summed E-state index contributed by atoms with van der Waals surface area (Å²) >= 11 is 1.71. The number of carbonyl (C=O) groups is 2. The van der Waals surface area contributed by atoms with E-state index < -0.39 is 0 Å². The van der Waals surface area contributed by atoms with Gasteiger partial charge in [-0.05, 0) is 56.9 Å². The third-order valence-electron chi connectivity index (χ3n) is 7.34. The van der Waals surface area contributed by atoms with Crippen molar-refractivity contribution in [3.05, 3.63) is 39.0 Å². The minimum Gasteiger partial charge on any atom is -0.307 e. The van der Waals surface area contributed by atoms with Crippen LogP contribution in [0.3, 0.4) is 0 Å². The number of H-pyrrole nitrogens is 1. The van der Waals surface area contributed by atoms with Crippen LogP contribution in [0.5, 0.6) is 0 Å². The molecule has 0 spiro atoms. The molecule has 2 saturated carbocycles. The highest BCUT2D eigenvalue weighted by Crippen LogP contribution is 2.42. The van der Waals surface area contributed by atoms with Gasteiger partial charge in [0.1, 0.15) is 12.1 Å². The molecule has 0 radical (unpaired) electrons. The summed E-state index contributed by atoms with van der Waals surface area (Å²) in [4.78, 5) is 28.4. The van der Waals surface area contributed by atoms with Gasteiger partial charge in [0.15, 0.2) is 11.6 Å². The maximum Gasteiger partial charge on any atom is 0.230 e. The number of nitrogens with zero attached hydrogens (tertiary/aromatic N) is 4. The average Bonchev–Trinajstić information content (AvgIpc) is 3.73. The van der Waals surface area contributed by atoms with Crippen molar-refractivity contribution < 1.29 is 9.59 Å². The van der Waals surface area contributed by atoms with Gasteiger partial charge < -0.3 is 5.32 Å².